The van der Waals surface area contributed by atoms with Gasteiger partial charge in [-0.25, -0.2) is 14.1 Å². The Morgan fingerprint density at radius 2 is 2.04 bits per heavy atom. The summed E-state index contributed by atoms with van der Waals surface area (Å²) in [5, 5.41) is 2.83. The van der Waals surface area contributed by atoms with Gasteiger partial charge in [0.25, 0.3) is 5.91 Å². The molecule has 6 heteroatoms. The van der Waals surface area contributed by atoms with Crippen LogP contribution in [0.25, 0.3) is 0 Å². The molecule has 2 rings (SSSR count). The molecule has 0 saturated carbocycles. The molecular weight excluding hydrogens is 309 g/mol. The summed E-state index contributed by atoms with van der Waals surface area (Å²) in [6.45, 7) is 6.78. The molecule has 0 aliphatic carbocycles. The van der Waals surface area contributed by atoms with Crippen LogP contribution in [0.2, 0.25) is 0 Å². The lowest BCUT2D eigenvalue weighted by molar-refractivity contribution is -0.901. The Labute approximate surface area is 142 Å². The number of hydrogen-bond acceptors (Lipinski definition) is 2. The van der Waals surface area contributed by atoms with Crippen molar-refractivity contribution in [3.63, 3.8) is 0 Å². The first-order valence-corrected chi connectivity index (χ1v) is 8.41. The van der Waals surface area contributed by atoms with Gasteiger partial charge in [-0.15, -0.1) is 0 Å². The molecule has 0 spiro atoms. The Hall–Kier alpha value is -1.95. The molecule has 5 nitrogen and oxygen atoms in total. The van der Waals surface area contributed by atoms with E-state index in [4.69, 9.17) is 0 Å². The van der Waals surface area contributed by atoms with Crippen LogP contribution in [0.5, 0.6) is 0 Å². The summed E-state index contributed by atoms with van der Waals surface area (Å²) in [7, 11) is 1.88. The first kappa shape index (κ1) is 18.4. The van der Waals surface area contributed by atoms with Gasteiger partial charge in [0.1, 0.15) is 17.9 Å². The topological polar surface area (TPSA) is 53.9 Å². The number of carbonyl (C=O) groups excluding carboxylic acids is 2. The number of halogens is 1. The lowest BCUT2D eigenvalue weighted by atomic mass is 9.92. The van der Waals surface area contributed by atoms with E-state index in [-0.39, 0.29) is 24.4 Å². The molecule has 24 heavy (non-hydrogen) atoms. The maximum Gasteiger partial charge on any atom is 0.329 e. The number of rotatable bonds is 7. The molecule has 0 radical (unpaired) electrons. The number of nitrogens with one attached hydrogen (secondary N) is 2. The van der Waals surface area contributed by atoms with Crippen molar-refractivity contribution in [3.05, 3.63) is 35.6 Å². The molecule has 3 amide bonds. The highest BCUT2D eigenvalue weighted by atomic mass is 19.1. The maximum absolute atomic E-state index is 13.3. The average Bonchev–Trinajstić information content (AvgIpc) is 2.69. The molecule has 2 atom stereocenters. The SMILES string of the molecule is CC(C)CC[C@@]1(C)NC(=O)N(C[NH+](C)Cc2cccc(F)c2)C1=O. The van der Waals surface area contributed by atoms with Crippen molar-refractivity contribution >= 4 is 11.9 Å². The molecule has 1 fully saturated rings. The van der Waals surface area contributed by atoms with Crippen molar-refractivity contribution in [1.82, 2.24) is 10.2 Å². The smallest absolute Gasteiger partial charge is 0.323 e. The minimum Gasteiger partial charge on any atom is -0.323 e. The lowest BCUT2D eigenvalue weighted by Gasteiger charge is -2.23. The van der Waals surface area contributed by atoms with E-state index >= 15 is 0 Å². The Morgan fingerprint density at radius 3 is 2.67 bits per heavy atom. The molecule has 1 aliphatic heterocycles. The van der Waals surface area contributed by atoms with Crippen molar-refractivity contribution in [3.8, 4) is 0 Å². The van der Waals surface area contributed by atoms with E-state index in [0.717, 1.165) is 16.9 Å². The fraction of sp³-hybridized carbons (Fsp3) is 0.556. The van der Waals surface area contributed by atoms with Gasteiger partial charge >= 0.3 is 6.03 Å². The van der Waals surface area contributed by atoms with Crippen LogP contribution in [0.15, 0.2) is 24.3 Å². The second-order valence-corrected chi connectivity index (χ2v) is 7.35. The Kier molecular flexibility index (Phi) is 5.59. The van der Waals surface area contributed by atoms with Crippen molar-refractivity contribution in [2.24, 2.45) is 5.92 Å². The van der Waals surface area contributed by atoms with Crippen LogP contribution in [-0.2, 0) is 11.3 Å². The highest BCUT2D eigenvalue weighted by molar-refractivity contribution is 6.06. The summed E-state index contributed by atoms with van der Waals surface area (Å²) in [6.07, 6.45) is 1.51. The van der Waals surface area contributed by atoms with Crippen LogP contribution >= 0.6 is 0 Å². The highest BCUT2D eigenvalue weighted by Gasteiger charge is 2.48. The van der Waals surface area contributed by atoms with E-state index in [9.17, 15) is 14.0 Å². The number of nitrogens with zero attached hydrogens (tertiary/aromatic N) is 1. The number of quaternary nitrogens is 1. The van der Waals surface area contributed by atoms with Crippen molar-refractivity contribution in [2.75, 3.05) is 13.7 Å². The number of urea groups is 1. The van der Waals surface area contributed by atoms with Crippen LogP contribution in [0, 0.1) is 11.7 Å². The zero-order valence-electron chi connectivity index (χ0n) is 14.9. The Morgan fingerprint density at radius 1 is 1.33 bits per heavy atom. The highest BCUT2D eigenvalue weighted by Crippen LogP contribution is 2.24. The third-order valence-electron chi connectivity index (χ3n) is 4.39. The molecule has 1 unspecified atom stereocenters. The first-order valence-electron chi connectivity index (χ1n) is 8.41. The van der Waals surface area contributed by atoms with Gasteiger partial charge in [-0.2, -0.15) is 0 Å². The number of amides is 3. The first-order chi connectivity index (χ1) is 11.2. The standard InChI is InChI=1S/C18H26FN3O2/c1-13(2)8-9-18(3)16(23)22(17(24)20-18)12-21(4)11-14-6-5-7-15(19)10-14/h5-7,10,13H,8-9,11-12H2,1-4H3,(H,20,24)/p+1/t18-/m1/s1. The van der Waals surface area contributed by atoms with Crippen LogP contribution in [-0.4, -0.2) is 36.1 Å². The van der Waals surface area contributed by atoms with Gasteiger partial charge in [-0.05, 0) is 37.8 Å². The predicted octanol–water partition coefficient (Wildman–Crippen LogP) is 1.54. The van der Waals surface area contributed by atoms with Gasteiger partial charge in [-0.3, -0.25) is 4.79 Å². The van der Waals surface area contributed by atoms with Crippen LogP contribution in [0.1, 0.15) is 39.2 Å². The van der Waals surface area contributed by atoms with Gasteiger partial charge in [0.05, 0.1) is 7.05 Å². The minimum atomic E-state index is -0.819. The Balaban J connectivity index is 1.98. The largest absolute Gasteiger partial charge is 0.329 e. The Bertz CT molecular complexity index is 620. The zero-order chi connectivity index (χ0) is 17.9. The van der Waals surface area contributed by atoms with E-state index in [1.807, 2.05) is 13.1 Å². The zero-order valence-corrected chi connectivity index (χ0v) is 14.9. The number of carbonyl (C=O) groups is 2. The molecular formula is C18H27FN3O2+. The molecule has 1 aliphatic rings. The minimum absolute atomic E-state index is 0.174. The van der Waals surface area contributed by atoms with Gasteiger partial charge in [0.2, 0.25) is 0 Å². The second-order valence-electron chi connectivity index (χ2n) is 7.35. The fourth-order valence-electron chi connectivity index (χ4n) is 2.96. The molecule has 0 bridgehead atoms. The summed E-state index contributed by atoms with van der Waals surface area (Å²) in [4.78, 5) is 27.1. The van der Waals surface area contributed by atoms with Crippen LogP contribution < -0.4 is 10.2 Å². The van der Waals surface area contributed by atoms with E-state index in [1.54, 1.807) is 13.0 Å². The third-order valence-corrected chi connectivity index (χ3v) is 4.39. The van der Waals surface area contributed by atoms with Crippen molar-refractivity contribution < 1.29 is 18.9 Å². The molecule has 0 aromatic heterocycles. The number of imide groups is 1. The van der Waals surface area contributed by atoms with Gasteiger partial charge in [0, 0.05) is 5.56 Å². The number of benzene rings is 1. The summed E-state index contributed by atoms with van der Waals surface area (Å²) in [6, 6.07) is 6.03. The van der Waals surface area contributed by atoms with E-state index in [0.29, 0.717) is 18.9 Å². The van der Waals surface area contributed by atoms with E-state index in [2.05, 4.69) is 19.2 Å². The second kappa shape index (κ2) is 7.30. The summed E-state index contributed by atoms with van der Waals surface area (Å²) < 4.78 is 13.3. The monoisotopic (exact) mass is 336 g/mol. The number of hydrogen-bond donors (Lipinski definition) is 2. The lowest BCUT2D eigenvalue weighted by Crippen LogP contribution is -3.09. The summed E-state index contributed by atoms with van der Waals surface area (Å²) >= 11 is 0. The quantitative estimate of drug-likeness (QED) is 0.742. The van der Waals surface area contributed by atoms with E-state index in [1.165, 1.54) is 17.0 Å². The maximum atomic E-state index is 13.3. The predicted molar refractivity (Wildman–Crippen MR) is 89.7 cm³/mol. The van der Waals surface area contributed by atoms with Crippen LogP contribution in [0.3, 0.4) is 0 Å². The average molecular weight is 336 g/mol. The van der Waals surface area contributed by atoms with Gasteiger partial charge in [-0.1, -0.05) is 26.0 Å². The van der Waals surface area contributed by atoms with Gasteiger partial charge < -0.3 is 10.2 Å². The summed E-state index contributed by atoms with van der Waals surface area (Å²) in [5.41, 5.74) is 0.0163. The fourth-order valence-corrected chi connectivity index (χ4v) is 2.96. The molecule has 2 N–H and O–H groups in total. The molecule has 1 aromatic rings. The third kappa shape index (κ3) is 4.32. The molecule has 132 valence electrons. The van der Waals surface area contributed by atoms with Crippen molar-refractivity contribution in [1.29, 1.82) is 0 Å². The van der Waals surface area contributed by atoms with Gasteiger partial charge in [0.15, 0.2) is 6.67 Å². The molecule has 1 heterocycles. The van der Waals surface area contributed by atoms with Crippen molar-refractivity contribution in [2.45, 2.75) is 45.7 Å². The molecule has 1 aromatic carbocycles. The van der Waals surface area contributed by atoms with E-state index < -0.39 is 5.54 Å². The normalized spacial score (nSPS) is 22.2. The summed E-state index contributed by atoms with van der Waals surface area (Å²) in [5.74, 6) is 0.0187. The molecule has 1 saturated heterocycles. The van der Waals surface area contributed by atoms with Crippen LogP contribution in [0.4, 0.5) is 9.18 Å².